The minimum atomic E-state index is -0.236. The van der Waals surface area contributed by atoms with Gasteiger partial charge in [-0.3, -0.25) is 9.59 Å². The Morgan fingerprint density at radius 1 is 1.08 bits per heavy atom. The molecular weight excluding hydrogens is 348 g/mol. The topological polar surface area (TPSA) is 49.4 Å². The van der Waals surface area contributed by atoms with Crippen LogP contribution in [0, 0.1) is 5.92 Å². The van der Waals surface area contributed by atoms with Crippen LogP contribution in [0.15, 0.2) is 54.6 Å². The van der Waals surface area contributed by atoms with Crippen molar-refractivity contribution in [2.24, 2.45) is 5.92 Å². The zero-order valence-electron chi connectivity index (χ0n) is 14.8. The highest BCUT2D eigenvalue weighted by Gasteiger charge is 2.40. The van der Waals surface area contributed by atoms with Crippen LogP contribution in [0.2, 0.25) is 5.02 Å². The summed E-state index contributed by atoms with van der Waals surface area (Å²) in [7, 11) is 0. The molecule has 4 nitrogen and oxygen atoms in total. The average molecular weight is 371 g/mol. The maximum Gasteiger partial charge on any atom is 0.253 e. The van der Waals surface area contributed by atoms with Gasteiger partial charge in [-0.15, -0.1) is 0 Å². The molecule has 0 unspecified atom stereocenters. The van der Waals surface area contributed by atoms with E-state index in [0.29, 0.717) is 30.2 Å². The lowest BCUT2D eigenvalue weighted by atomic mass is 9.88. The number of hydrogen-bond acceptors (Lipinski definition) is 2. The van der Waals surface area contributed by atoms with E-state index < -0.39 is 0 Å². The van der Waals surface area contributed by atoms with Crippen molar-refractivity contribution in [3.05, 3.63) is 70.7 Å². The van der Waals surface area contributed by atoms with E-state index in [1.54, 1.807) is 29.2 Å². The Labute approximate surface area is 159 Å². The minimum absolute atomic E-state index is 0.00399. The number of carbonyl (C=O) groups is 2. The molecule has 1 fully saturated rings. The molecule has 3 rings (SSSR count). The van der Waals surface area contributed by atoms with Crippen molar-refractivity contribution in [2.45, 2.75) is 19.3 Å². The predicted octanol–water partition coefficient (Wildman–Crippen LogP) is 3.72. The van der Waals surface area contributed by atoms with Crippen LogP contribution in [0.5, 0.6) is 0 Å². The highest BCUT2D eigenvalue weighted by molar-refractivity contribution is 6.30. The lowest BCUT2D eigenvalue weighted by Crippen LogP contribution is -2.36. The molecule has 0 aromatic heterocycles. The quantitative estimate of drug-likeness (QED) is 0.871. The molecule has 2 atom stereocenters. The van der Waals surface area contributed by atoms with Gasteiger partial charge in [0.25, 0.3) is 5.91 Å². The zero-order valence-corrected chi connectivity index (χ0v) is 15.6. The van der Waals surface area contributed by atoms with Crippen LogP contribution in [0.1, 0.15) is 35.2 Å². The summed E-state index contributed by atoms with van der Waals surface area (Å²) in [5.74, 6) is -0.273. The van der Waals surface area contributed by atoms with Gasteiger partial charge in [0, 0.05) is 36.1 Å². The first-order valence-electron chi connectivity index (χ1n) is 8.97. The number of likely N-dealkylation sites (tertiary alicyclic amines) is 1. The fourth-order valence-electron chi connectivity index (χ4n) is 3.43. The van der Waals surface area contributed by atoms with Gasteiger partial charge in [-0.25, -0.2) is 0 Å². The van der Waals surface area contributed by atoms with Gasteiger partial charge < -0.3 is 10.2 Å². The number of benzene rings is 2. The summed E-state index contributed by atoms with van der Waals surface area (Å²) < 4.78 is 0. The van der Waals surface area contributed by atoms with Crippen molar-refractivity contribution in [3.8, 4) is 0 Å². The van der Waals surface area contributed by atoms with E-state index in [1.165, 1.54) is 0 Å². The number of rotatable bonds is 5. The smallest absolute Gasteiger partial charge is 0.253 e. The van der Waals surface area contributed by atoms with E-state index in [-0.39, 0.29) is 23.7 Å². The average Bonchev–Trinajstić information content (AvgIpc) is 3.12. The Balaban J connectivity index is 1.82. The summed E-state index contributed by atoms with van der Waals surface area (Å²) in [6, 6.07) is 16.8. The molecule has 1 N–H and O–H groups in total. The third-order valence-electron chi connectivity index (χ3n) is 4.81. The van der Waals surface area contributed by atoms with E-state index in [1.807, 2.05) is 37.3 Å². The number of hydrogen-bond donors (Lipinski definition) is 1. The highest BCUT2D eigenvalue weighted by Crippen LogP contribution is 2.33. The summed E-state index contributed by atoms with van der Waals surface area (Å²) in [6.07, 6.45) is 0.891. The van der Waals surface area contributed by atoms with E-state index in [9.17, 15) is 9.59 Å². The van der Waals surface area contributed by atoms with Crippen molar-refractivity contribution in [1.82, 2.24) is 10.2 Å². The molecule has 0 saturated carbocycles. The van der Waals surface area contributed by atoms with Gasteiger partial charge in [0.1, 0.15) is 0 Å². The summed E-state index contributed by atoms with van der Waals surface area (Å²) >= 11 is 5.91. The third kappa shape index (κ3) is 4.07. The van der Waals surface area contributed by atoms with E-state index in [0.717, 1.165) is 12.0 Å². The summed E-state index contributed by atoms with van der Waals surface area (Å²) in [5, 5.41) is 3.59. The predicted molar refractivity (Wildman–Crippen MR) is 103 cm³/mol. The van der Waals surface area contributed by atoms with Gasteiger partial charge in [-0.1, -0.05) is 48.9 Å². The Hall–Kier alpha value is -2.33. The van der Waals surface area contributed by atoms with Crippen LogP contribution in [0.4, 0.5) is 0 Å². The molecule has 26 heavy (non-hydrogen) atoms. The first-order chi connectivity index (χ1) is 12.6. The first kappa shape index (κ1) is 18.5. The van der Waals surface area contributed by atoms with Crippen LogP contribution in [-0.4, -0.2) is 36.3 Å². The minimum Gasteiger partial charge on any atom is -0.356 e. The molecule has 2 aromatic carbocycles. The Morgan fingerprint density at radius 3 is 2.42 bits per heavy atom. The fourth-order valence-corrected chi connectivity index (χ4v) is 3.55. The van der Waals surface area contributed by atoms with Crippen LogP contribution in [-0.2, 0) is 4.79 Å². The lowest BCUT2D eigenvalue weighted by Gasteiger charge is -2.17. The third-order valence-corrected chi connectivity index (χ3v) is 5.06. The van der Waals surface area contributed by atoms with Gasteiger partial charge in [-0.2, -0.15) is 0 Å². The zero-order chi connectivity index (χ0) is 18.5. The molecule has 2 aromatic rings. The molecule has 5 heteroatoms. The molecule has 0 bridgehead atoms. The molecule has 0 spiro atoms. The monoisotopic (exact) mass is 370 g/mol. The molecule has 1 saturated heterocycles. The molecule has 1 aliphatic heterocycles. The van der Waals surface area contributed by atoms with Gasteiger partial charge in [-0.05, 0) is 36.2 Å². The standard InChI is InChI=1S/C21H23ClN2O2/c1-2-12-23-20(25)19-14-24(13-18(19)15-6-4-3-5-7-15)21(26)16-8-10-17(22)11-9-16/h3-11,18-19H,2,12-14H2,1H3,(H,23,25)/t18-,19+/m0/s1. The van der Waals surface area contributed by atoms with Crippen molar-refractivity contribution in [3.63, 3.8) is 0 Å². The second-order valence-electron chi connectivity index (χ2n) is 6.63. The fraction of sp³-hybridized carbons (Fsp3) is 0.333. The Morgan fingerprint density at radius 2 is 1.77 bits per heavy atom. The second kappa shape index (κ2) is 8.37. The maximum absolute atomic E-state index is 12.9. The number of halogens is 1. The number of carbonyl (C=O) groups excluding carboxylic acids is 2. The maximum atomic E-state index is 12.9. The second-order valence-corrected chi connectivity index (χ2v) is 7.07. The van der Waals surface area contributed by atoms with E-state index in [2.05, 4.69) is 5.32 Å². The SMILES string of the molecule is CCCNC(=O)[C@@H]1CN(C(=O)c2ccc(Cl)cc2)C[C@H]1c1ccccc1. The lowest BCUT2D eigenvalue weighted by molar-refractivity contribution is -0.124. The van der Waals surface area contributed by atoms with Crippen molar-refractivity contribution < 1.29 is 9.59 Å². The molecule has 2 amide bonds. The summed E-state index contributed by atoms with van der Waals surface area (Å²) in [6.45, 7) is 3.65. The molecule has 136 valence electrons. The summed E-state index contributed by atoms with van der Waals surface area (Å²) in [4.78, 5) is 27.3. The van der Waals surface area contributed by atoms with Gasteiger partial charge in [0.15, 0.2) is 0 Å². The normalized spacial score (nSPS) is 19.4. The van der Waals surface area contributed by atoms with Crippen molar-refractivity contribution in [1.29, 1.82) is 0 Å². The van der Waals surface area contributed by atoms with Crippen LogP contribution >= 0.6 is 11.6 Å². The largest absolute Gasteiger partial charge is 0.356 e. The first-order valence-corrected chi connectivity index (χ1v) is 9.35. The summed E-state index contributed by atoms with van der Waals surface area (Å²) in [5.41, 5.74) is 1.69. The van der Waals surface area contributed by atoms with Gasteiger partial charge in [0.05, 0.1) is 5.92 Å². The number of nitrogens with one attached hydrogen (secondary N) is 1. The molecular formula is C21H23ClN2O2. The number of amides is 2. The van der Waals surface area contributed by atoms with E-state index in [4.69, 9.17) is 11.6 Å². The van der Waals surface area contributed by atoms with E-state index >= 15 is 0 Å². The Kier molecular flexibility index (Phi) is 5.94. The van der Waals surface area contributed by atoms with Crippen LogP contribution in [0.3, 0.4) is 0 Å². The van der Waals surface area contributed by atoms with Crippen molar-refractivity contribution in [2.75, 3.05) is 19.6 Å². The molecule has 1 heterocycles. The van der Waals surface area contributed by atoms with Gasteiger partial charge in [0.2, 0.25) is 5.91 Å². The van der Waals surface area contributed by atoms with Crippen LogP contribution in [0.25, 0.3) is 0 Å². The van der Waals surface area contributed by atoms with Crippen LogP contribution < -0.4 is 5.32 Å². The molecule has 0 aliphatic carbocycles. The number of nitrogens with zero attached hydrogens (tertiary/aromatic N) is 1. The van der Waals surface area contributed by atoms with Crippen molar-refractivity contribution >= 4 is 23.4 Å². The Bertz CT molecular complexity index is 761. The molecule has 0 radical (unpaired) electrons. The van der Waals surface area contributed by atoms with Gasteiger partial charge >= 0.3 is 0 Å². The molecule has 1 aliphatic rings. The highest BCUT2D eigenvalue weighted by atomic mass is 35.5.